The largest absolute Gasteiger partial charge is 0.0622 e. The van der Waals surface area contributed by atoms with E-state index in [1.54, 1.807) is 5.56 Å². The maximum atomic E-state index is 2.43. The molecule has 214 valence electrons. The van der Waals surface area contributed by atoms with Gasteiger partial charge in [-0.1, -0.05) is 156 Å². The lowest BCUT2D eigenvalue weighted by Gasteiger charge is -2.30. The highest BCUT2D eigenvalue weighted by molar-refractivity contribution is 5.68. The highest BCUT2D eigenvalue weighted by Crippen LogP contribution is 2.40. The van der Waals surface area contributed by atoms with Crippen LogP contribution < -0.4 is 0 Å². The Hall–Kier alpha value is -2.34. The van der Waals surface area contributed by atoms with E-state index in [0.717, 1.165) is 23.7 Å². The quantitative estimate of drug-likeness (QED) is 0.283. The predicted octanol–water partition coefficient (Wildman–Crippen LogP) is 12.4. The van der Waals surface area contributed by atoms with E-state index in [0.29, 0.717) is 5.92 Å². The zero-order valence-corrected chi connectivity index (χ0v) is 25.3. The molecule has 3 fully saturated rings. The van der Waals surface area contributed by atoms with Crippen molar-refractivity contribution in [3.05, 3.63) is 96.1 Å². The minimum Gasteiger partial charge on any atom is -0.0622 e. The zero-order valence-electron chi connectivity index (χ0n) is 25.3. The number of benzene rings is 3. The third-order valence-corrected chi connectivity index (χ3v) is 10.7. The molecule has 3 aliphatic rings. The molecular formula is C40H54. The molecule has 0 spiro atoms. The van der Waals surface area contributed by atoms with E-state index in [2.05, 4.69) is 91.9 Å². The van der Waals surface area contributed by atoms with Crippen LogP contribution in [0, 0.1) is 17.8 Å². The van der Waals surface area contributed by atoms with E-state index in [4.69, 9.17) is 0 Å². The Morgan fingerprint density at radius 3 is 1.70 bits per heavy atom. The van der Waals surface area contributed by atoms with Crippen LogP contribution in [0.4, 0.5) is 0 Å². The molecule has 0 bridgehead atoms. The first kappa shape index (κ1) is 29.2. The molecule has 0 N–H and O–H groups in total. The first-order valence-corrected chi connectivity index (χ1v) is 17.0. The molecule has 0 nitrogen and oxygen atoms in total. The molecule has 3 aromatic rings. The van der Waals surface area contributed by atoms with E-state index in [1.165, 1.54) is 119 Å². The molecule has 0 aromatic heterocycles. The molecule has 6 rings (SSSR count). The fourth-order valence-corrected chi connectivity index (χ4v) is 8.12. The van der Waals surface area contributed by atoms with Crippen molar-refractivity contribution >= 4 is 0 Å². The van der Waals surface area contributed by atoms with Gasteiger partial charge in [0, 0.05) is 0 Å². The second-order valence-corrected chi connectivity index (χ2v) is 13.3. The van der Waals surface area contributed by atoms with Gasteiger partial charge in [-0.05, 0) is 90.4 Å². The van der Waals surface area contributed by atoms with Crippen molar-refractivity contribution < 1.29 is 0 Å². The molecule has 3 aromatic carbocycles. The molecule has 0 heterocycles. The van der Waals surface area contributed by atoms with Crippen molar-refractivity contribution in [2.75, 3.05) is 0 Å². The summed E-state index contributed by atoms with van der Waals surface area (Å²) in [6, 6.07) is 31.0. The van der Waals surface area contributed by atoms with Gasteiger partial charge in [0.1, 0.15) is 0 Å². The van der Waals surface area contributed by atoms with Crippen LogP contribution in [-0.4, -0.2) is 0 Å². The van der Waals surface area contributed by atoms with Gasteiger partial charge in [0.15, 0.2) is 0 Å². The standard InChI is InChI=1S/C20H24.C20H30/c1-16(17-10-4-2-5-11-17)19-14-8-9-15-20(19)18-12-6-3-7-13-18;1-3-7-17(8-4-1)11-12-18-13-15-20(16-14-18)19-9-5-2-6-10-19/h3,6-9,12-17H,2,4-5,10-11H2,1H3;2,5-6,9-10,17-18,20H,1,3-4,7-8,11-16H2. The van der Waals surface area contributed by atoms with E-state index in [-0.39, 0.29) is 0 Å². The molecular weight excluding hydrogens is 480 g/mol. The number of rotatable bonds is 7. The molecule has 3 aliphatic carbocycles. The summed E-state index contributed by atoms with van der Waals surface area (Å²) in [5.41, 5.74) is 5.89. The lowest BCUT2D eigenvalue weighted by Crippen LogP contribution is -2.15. The van der Waals surface area contributed by atoms with Gasteiger partial charge < -0.3 is 0 Å². The first-order valence-electron chi connectivity index (χ1n) is 17.0. The summed E-state index contributed by atoms with van der Waals surface area (Å²) >= 11 is 0. The van der Waals surface area contributed by atoms with Crippen molar-refractivity contribution in [1.82, 2.24) is 0 Å². The van der Waals surface area contributed by atoms with Crippen LogP contribution in [0.3, 0.4) is 0 Å². The lowest BCUT2D eigenvalue weighted by molar-refractivity contribution is 0.261. The van der Waals surface area contributed by atoms with E-state index in [1.807, 2.05) is 0 Å². The van der Waals surface area contributed by atoms with Crippen LogP contribution in [0.25, 0.3) is 11.1 Å². The Bertz CT molecular complexity index is 1080. The summed E-state index contributed by atoms with van der Waals surface area (Å²) in [5.74, 6) is 4.51. The van der Waals surface area contributed by atoms with Crippen LogP contribution >= 0.6 is 0 Å². The molecule has 0 aliphatic heterocycles. The summed E-state index contributed by atoms with van der Waals surface area (Å²) in [6.07, 6.45) is 23.5. The van der Waals surface area contributed by atoms with Gasteiger partial charge in [0.05, 0.1) is 0 Å². The fourth-order valence-electron chi connectivity index (χ4n) is 8.12. The molecule has 0 saturated heterocycles. The smallest absolute Gasteiger partial charge is 0.0149 e. The maximum Gasteiger partial charge on any atom is -0.0149 e. The normalized spacial score (nSPS) is 23.1. The zero-order chi connectivity index (χ0) is 27.4. The molecule has 1 atom stereocenters. The summed E-state index contributed by atoms with van der Waals surface area (Å²) in [7, 11) is 0. The number of hydrogen-bond acceptors (Lipinski definition) is 0. The van der Waals surface area contributed by atoms with Gasteiger partial charge in [0.2, 0.25) is 0 Å². The number of hydrogen-bond donors (Lipinski definition) is 0. The molecule has 0 amide bonds. The van der Waals surface area contributed by atoms with Crippen molar-refractivity contribution in [3.63, 3.8) is 0 Å². The van der Waals surface area contributed by atoms with Gasteiger partial charge >= 0.3 is 0 Å². The van der Waals surface area contributed by atoms with Gasteiger partial charge in [0.25, 0.3) is 0 Å². The third-order valence-electron chi connectivity index (χ3n) is 10.7. The second kappa shape index (κ2) is 15.6. The lowest BCUT2D eigenvalue weighted by atomic mass is 9.75. The minimum absolute atomic E-state index is 0.673. The summed E-state index contributed by atoms with van der Waals surface area (Å²) in [4.78, 5) is 0. The maximum absolute atomic E-state index is 2.43. The predicted molar refractivity (Wildman–Crippen MR) is 174 cm³/mol. The van der Waals surface area contributed by atoms with Gasteiger partial charge in [-0.3, -0.25) is 0 Å². The van der Waals surface area contributed by atoms with Gasteiger partial charge in [-0.15, -0.1) is 0 Å². The van der Waals surface area contributed by atoms with E-state index in [9.17, 15) is 0 Å². The minimum atomic E-state index is 0.673. The summed E-state index contributed by atoms with van der Waals surface area (Å²) < 4.78 is 0. The molecule has 0 radical (unpaired) electrons. The van der Waals surface area contributed by atoms with Crippen LogP contribution in [0.2, 0.25) is 0 Å². The summed E-state index contributed by atoms with van der Waals surface area (Å²) in [5, 5.41) is 0. The van der Waals surface area contributed by atoms with Gasteiger partial charge in [-0.2, -0.15) is 0 Å². The van der Waals surface area contributed by atoms with Crippen molar-refractivity contribution in [3.8, 4) is 11.1 Å². The molecule has 3 saturated carbocycles. The van der Waals surface area contributed by atoms with Crippen molar-refractivity contribution in [2.45, 2.75) is 121 Å². The second-order valence-electron chi connectivity index (χ2n) is 13.3. The van der Waals surface area contributed by atoms with Crippen LogP contribution in [0.1, 0.15) is 133 Å². The highest BCUT2D eigenvalue weighted by atomic mass is 14.3. The van der Waals surface area contributed by atoms with Crippen LogP contribution in [0.15, 0.2) is 84.9 Å². The fraction of sp³-hybridized carbons (Fsp3) is 0.550. The van der Waals surface area contributed by atoms with E-state index >= 15 is 0 Å². The molecule has 40 heavy (non-hydrogen) atoms. The Morgan fingerprint density at radius 2 is 1.05 bits per heavy atom. The van der Waals surface area contributed by atoms with Crippen molar-refractivity contribution in [1.29, 1.82) is 0 Å². The average Bonchev–Trinajstić information content (AvgIpc) is 3.06. The van der Waals surface area contributed by atoms with E-state index < -0.39 is 0 Å². The topological polar surface area (TPSA) is 0 Å². The SMILES string of the molecule is CC(c1ccccc1-c1ccccc1)C1CCCCC1.c1ccc(C2CCC(CCC3CCCCC3)CC2)cc1. The summed E-state index contributed by atoms with van der Waals surface area (Å²) in [6.45, 7) is 2.43. The highest BCUT2D eigenvalue weighted by Gasteiger charge is 2.24. The Kier molecular flexibility index (Phi) is 11.4. The Morgan fingerprint density at radius 1 is 0.525 bits per heavy atom. The average molecular weight is 535 g/mol. The Balaban J connectivity index is 0.000000161. The van der Waals surface area contributed by atoms with Crippen LogP contribution in [-0.2, 0) is 0 Å². The monoisotopic (exact) mass is 534 g/mol. The van der Waals surface area contributed by atoms with Crippen molar-refractivity contribution in [2.24, 2.45) is 17.8 Å². The van der Waals surface area contributed by atoms with Crippen LogP contribution in [0.5, 0.6) is 0 Å². The van der Waals surface area contributed by atoms with Gasteiger partial charge in [-0.25, -0.2) is 0 Å². The first-order chi connectivity index (χ1) is 19.8. The molecule has 0 heteroatoms. The Labute approximate surface area is 246 Å². The third kappa shape index (κ3) is 8.34. The molecule has 1 unspecified atom stereocenters.